The molecule has 0 heteroatoms. The Balaban J connectivity index is 2.45. The summed E-state index contributed by atoms with van der Waals surface area (Å²) < 4.78 is 0. The maximum absolute atomic E-state index is 4.06. The first kappa shape index (κ1) is 15.8. The van der Waals surface area contributed by atoms with Crippen molar-refractivity contribution in [1.29, 1.82) is 0 Å². The molecule has 1 aromatic rings. The van der Waals surface area contributed by atoms with Crippen LogP contribution in [0.15, 0.2) is 48.6 Å². The van der Waals surface area contributed by atoms with Crippen molar-refractivity contribution in [2.45, 2.75) is 58.8 Å². The van der Waals surface area contributed by atoms with Crippen LogP contribution in [0.4, 0.5) is 0 Å². The van der Waals surface area contributed by atoms with Gasteiger partial charge in [-0.15, -0.1) is 0 Å². The van der Waals surface area contributed by atoms with Crippen LogP contribution in [0.5, 0.6) is 0 Å². The molecule has 0 aromatic heterocycles. The summed E-state index contributed by atoms with van der Waals surface area (Å²) in [5.41, 5.74) is 4.33. The Morgan fingerprint density at radius 1 is 1.26 bits per heavy atom. The fraction of sp³-hybridized carbons (Fsp3) is 0.474. The van der Waals surface area contributed by atoms with Crippen molar-refractivity contribution in [1.82, 2.24) is 0 Å². The van der Waals surface area contributed by atoms with Gasteiger partial charge in [-0.3, -0.25) is 0 Å². The molecule has 0 amide bonds. The molecule has 0 heterocycles. The molecule has 0 atom stereocenters. The molecule has 0 N–H and O–H groups in total. The summed E-state index contributed by atoms with van der Waals surface area (Å²) in [5, 5.41) is 0. The summed E-state index contributed by atoms with van der Waals surface area (Å²) in [4.78, 5) is 0. The second-order valence-electron chi connectivity index (χ2n) is 6.12. The van der Waals surface area contributed by atoms with Crippen molar-refractivity contribution in [3.63, 3.8) is 0 Å². The smallest absolute Gasteiger partial charge is 0.0103 e. The summed E-state index contributed by atoms with van der Waals surface area (Å²) in [7, 11) is 0. The van der Waals surface area contributed by atoms with Gasteiger partial charge in [-0.25, -0.2) is 0 Å². The van der Waals surface area contributed by atoms with Crippen molar-refractivity contribution >= 4 is 0 Å². The Kier molecular flexibility index (Phi) is 6.08. The average Bonchev–Trinajstić information content (AvgIpc) is 2.35. The summed E-state index contributed by atoms with van der Waals surface area (Å²) in [6.45, 7) is 13.0. The lowest BCUT2D eigenvalue weighted by Gasteiger charge is -2.25. The molecule has 0 nitrogen and oxygen atoms in total. The van der Waals surface area contributed by atoms with Crippen LogP contribution in [0, 0.1) is 6.92 Å². The van der Waals surface area contributed by atoms with Crippen LogP contribution in [0.1, 0.15) is 57.6 Å². The van der Waals surface area contributed by atoms with Crippen molar-refractivity contribution in [3.05, 3.63) is 59.7 Å². The van der Waals surface area contributed by atoms with Crippen molar-refractivity contribution in [3.8, 4) is 0 Å². The lowest BCUT2D eigenvalue weighted by atomic mass is 9.79. The monoisotopic (exact) mass is 256 g/mol. The molecule has 0 saturated carbocycles. The molecule has 0 aliphatic carbocycles. The molecule has 1 aromatic carbocycles. The standard InChI is InChI=1S/C19H28/c1-6-10-16(2)11-7-8-14-19(4,5)18-13-9-12-17(3)15-18/h6,9-10,12-13,15H,2,7-8,11,14H2,1,3-5H3/b10-6-. The normalized spacial score (nSPS) is 12.0. The first-order valence-corrected chi connectivity index (χ1v) is 7.33. The molecule has 1 rings (SSSR count). The third-order valence-corrected chi connectivity index (χ3v) is 3.75. The van der Waals surface area contributed by atoms with E-state index in [2.05, 4.69) is 63.8 Å². The number of hydrogen-bond donors (Lipinski definition) is 0. The Hall–Kier alpha value is -1.30. The zero-order valence-corrected chi connectivity index (χ0v) is 13.0. The van der Waals surface area contributed by atoms with Gasteiger partial charge in [-0.1, -0.05) is 74.4 Å². The van der Waals surface area contributed by atoms with Crippen LogP contribution < -0.4 is 0 Å². The van der Waals surface area contributed by atoms with Gasteiger partial charge in [0.2, 0.25) is 0 Å². The molecule has 19 heavy (non-hydrogen) atoms. The number of unbranched alkanes of at least 4 members (excludes halogenated alkanes) is 1. The second-order valence-corrected chi connectivity index (χ2v) is 6.12. The van der Waals surface area contributed by atoms with Gasteiger partial charge in [0.05, 0.1) is 0 Å². The van der Waals surface area contributed by atoms with E-state index in [4.69, 9.17) is 0 Å². The third-order valence-electron chi connectivity index (χ3n) is 3.75. The van der Waals surface area contributed by atoms with Crippen LogP contribution >= 0.6 is 0 Å². The van der Waals surface area contributed by atoms with Crippen LogP contribution in [-0.4, -0.2) is 0 Å². The molecule has 0 spiro atoms. The number of benzene rings is 1. The summed E-state index contributed by atoms with van der Waals surface area (Å²) in [5.74, 6) is 0. The minimum Gasteiger partial charge on any atom is -0.0958 e. The average molecular weight is 256 g/mol. The van der Waals surface area contributed by atoms with Gasteiger partial charge in [-0.05, 0) is 44.1 Å². The summed E-state index contributed by atoms with van der Waals surface area (Å²) in [6.07, 6.45) is 9.04. The fourth-order valence-corrected chi connectivity index (χ4v) is 2.45. The molecule has 0 bridgehead atoms. The Morgan fingerprint density at radius 2 is 2.00 bits per heavy atom. The van der Waals surface area contributed by atoms with E-state index in [1.165, 1.54) is 36.0 Å². The molecule has 0 unspecified atom stereocenters. The fourth-order valence-electron chi connectivity index (χ4n) is 2.45. The number of rotatable bonds is 7. The topological polar surface area (TPSA) is 0 Å². The minimum absolute atomic E-state index is 0.272. The van der Waals surface area contributed by atoms with E-state index >= 15 is 0 Å². The highest BCUT2D eigenvalue weighted by Crippen LogP contribution is 2.30. The first-order chi connectivity index (χ1) is 8.95. The Morgan fingerprint density at radius 3 is 2.63 bits per heavy atom. The Bertz CT molecular complexity index is 435. The van der Waals surface area contributed by atoms with Gasteiger partial charge in [0.25, 0.3) is 0 Å². The van der Waals surface area contributed by atoms with E-state index in [-0.39, 0.29) is 5.41 Å². The van der Waals surface area contributed by atoms with Gasteiger partial charge >= 0.3 is 0 Å². The zero-order chi connectivity index (χ0) is 14.3. The Labute approximate surface area is 119 Å². The molecule has 0 aliphatic rings. The molecule has 0 fully saturated rings. The second kappa shape index (κ2) is 7.33. The largest absolute Gasteiger partial charge is 0.0958 e. The van der Waals surface area contributed by atoms with Gasteiger partial charge in [0, 0.05) is 0 Å². The zero-order valence-electron chi connectivity index (χ0n) is 13.0. The predicted molar refractivity (Wildman–Crippen MR) is 86.6 cm³/mol. The van der Waals surface area contributed by atoms with E-state index < -0.39 is 0 Å². The molecular formula is C19H28. The number of aryl methyl sites for hydroxylation is 1. The molecule has 0 saturated heterocycles. The molecular weight excluding hydrogens is 228 g/mol. The lowest BCUT2D eigenvalue weighted by Crippen LogP contribution is -2.17. The lowest BCUT2D eigenvalue weighted by molar-refractivity contribution is 0.452. The minimum atomic E-state index is 0.272. The molecule has 0 aliphatic heterocycles. The highest BCUT2D eigenvalue weighted by atomic mass is 14.2. The summed E-state index contributed by atoms with van der Waals surface area (Å²) in [6, 6.07) is 8.91. The molecule has 104 valence electrons. The van der Waals surface area contributed by atoms with E-state index in [0.29, 0.717) is 0 Å². The summed E-state index contributed by atoms with van der Waals surface area (Å²) >= 11 is 0. The van der Waals surface area contributed by atoms with E-state index in [1.807, 2.05) is 6.92 Å². The highest BCUT2D eigenvalue weighted by molar-refractivity contribution is 5.28. The van der Waals surface area contributed by atoms with E-state index in [1.54, 1.807) is 0 Å². The van der Waals surface area contributed by atoms with Gasteiger partial charge in [0.1, 0.15) is 0 Å². The van der Waals surface area contributed by atoms with Gasteiger partial charge < -0.3 is 0 Å². The van der Waals surface area contributed by atoms with E-state index in [9.17, 15) is 0 Å². The van der Waals surface area contributed by atoms with Crippen LogP contribution in [0.25, 0.3) is 0 Å². The molecule has 0 radical (unpaired) electrons. The van der Waals surface area contributed by atoms with Gasteiger partial charge in [-0.2, -0.15) is 0 Å². The van der Waals surface area contributed by atoms with Crippen molar-refractivity contribution < 1.29 is 0 Å². The SMILES string of the molecule is C=C(/C=C\C)CCCCC(C)(C)c1cccc(C)c1. The maximum atomic E-state index is 4.06. The van der Waals surface area contributed by atoms with Crippen LogP contribution in [-0.2, 0) is 5.41 Å². The number of hydrogen-bond acceptors (Lipinski definition) is 0. The van der Waals surface area contributed by atoms with Crippen molar-refractivity contribution in [2.75, 3.05) is 0 Å². The van der Waals surface area contributed by atoms with Gasteiger partial charge in [0.15, 0.2) is 0 Å². The number of allylic oxidation sites excluding steroid dienone is 3. The highest BCUT2D eigenvalue weighted by Gasteiger charge is 2.19. The van der Waals surface area contributed by atoms with Crippen LogP contribution in [0.3, 0.4) is 0 Å². The quantitative estimate of drug-likeness (QED) is 0.417. The first-order valence-electron chi connectivity index (χ1n) is 7.33. The van der Waals surface area contributed by atoms with E-state index in [0.717, 1.165) is 6.42 Å². The van der Waals surface area contributed by atoms with Crippen molar-refractivity contribution in [2.24, 2.45) is 0 Å². The van der Waals surface area contributed by atoms with Crippen LogP contribution in [0.2, 0.25) is 0 Å². The third kappa shape index (κ3) is 5.46. The predicted octanol–water partition coefficient (Wildman–Crippen LogP) is 5.97. The maximum Gasteiger partial charge on any atom is -0.0103 e.